The maximum absolute atomic E-state index is 11.7. The van der Waals surface area contributed by atoms with Crippen molar-refractivity contribution >= 4 is 11.8 Å². The van der Waals surface area contributed by atoms with Crippen LogP contribution < -0.4 is 11.2 Å². The van der Waals surface area contributed by atoms with Crippen molar-refractivity contribution in [3.63, 3.8) is 0 Å². The van der Waals surface area contributed by atoms with Crippen LogP contribution in [0.3, 0.4) is 0 Å². The van der Waals surface area contributed by atoms with E-state index in [2.05, 4.69) is 5.10 Å². The average Bonchev–Trinajstić information content (AvgIpc) is 1.94. The molecule has 2 N–H and O–H groups in total. The molecule has 1 aromatic heterocycles. The lowest BCUT2D eigenvalue weighted by Crippen LogP contribution is -2.25. The molecular weight excluding hydrogens is 192 g/mol. The first-order valence-corrected chi connectivity index (χ1v) is 3.61. The largest absolute Gasteiger partial charge is 0.342 e. The van der Waals surface area contributed by atoms with E-state index in [0.29, 0.717) is 0 Å². The maximum atomic E-state index is 11.7. The Kier molecular flexibility index (Phi) is 2.58. The number of hydrogen-bond donors (Lipinski definition) is 2. The van der Waals surface area contributed by atoms with Crippen LogP contribution in [0.1, 0.15) is 0 Å². The fraction of sp³-hybridized carbons (Fsp3) is 0.250. The van der Waals surface area contributed by atoms with E-state index in [0.717, 1.165) is 0 Å². The molecule has 0 spiro atoms. The molecule has 8 heteroatoms. The maximum Gasteiger partial charge on any atom is 0.342 e. The summed E-state index contributed by atoms with van der Waals surface area (Å²) in [5, 5.41) is 4.50. The van der Waals surface area contributed by atoms with Crippen LogP contribution in [0.5, 0.6) is 0 Å². The summed E-state index contributed by atoms with van der Waals surface area (Å²) in [4.78, 5) is 22.8. The molecule has 0 saturated heterocycles. The molecular formula is C4H3F2N3O2S. The fourth-order valence-electron chi connectivity index (χ4n) is 0.501. The molecule has 0 amide bonds. The lowest BCUT2D eigenvalue weighted by molar-refractivity contribution is 0.251. The molecule has 0 atom stereocenters. The predicted octanol–water partition coefficient (Wildman–Crippen LogP) is -0.227. The van der Waals surface area contributed by atoms with E-state index in [1.807, 2.05) is 5.10 Å². The number of hydrogen-bond acceptors (Lipinski definition) is 4. The third-order valence-corrected chi connectivity index (χ3v) is 1.56. The van der Waals surface area contributed by atoms with Crippen LogP contribution in [0.2, 0.25) is 0 Å². The van der Waals surface area contributed by atoms with E-state index in [1.165, 1.54) is 0 Å². The molecule has 1 rings (SSSR count). The Hall–Kier alpha value is -1.18. The summed E-state index contributed by atoms with van der Waals surface area (Å²) >= 11 is -0.0246. The van der Waals surface area contributed by atoms with E-state index in [1.54, 1.807) is 4.98 Å². The van der Waals surface area contributed by atoms with Gasteiger partial charge in [0.1, 0.15) is 0 Å². The smallest absolute Gasteiger partial charge is 0.271 e. The summed E-state index contributed by atoms with van der Waals surface area (Å²) in [7, 11) is 0. The van der Waals surface area contributed by atoms with Gasteiger partial charge in [0.15, 0.2) is 5.03 Å². The molecule has 0 radical (unpaired) electrons. The molecule has 0 fully saturated rings. The summed E-state index contributed by atoms with van der Waals surface area (Å²) in [6, 6.07) is 0. The Morgan fingerprint density at radius 2 is 2.08 bits per heavy atom. The van der Waals surface area contributed by atoms with Gasteiger partial charge in [0.05, 0.1) is 0 Å². The van der Waals surface area contributed by atoms with Gasteiger partial charge in [0.2, 0.25) is 0 Å². The van der Waals surface area contributed by atoms with Crippen molar-refractivity contribution in [1.29, 1.82) is 0 Å². The van der Waals surface area contributed by atoms with Crippen LogP contribution in [-0.2, 0) is 0 Å². The quantitative estimate of drug-likeness (QED) is 0.639. The summed E-state index contributed by atoms with van der Waals surface area (Å²) < 4.78 is 23.4. The van der Waals surface area contributed by atoms with Crippen LogP contribution in [0, 0.1) is 0 Å². The highest BCUT2D eigenvalue weighted by Crippen LogP contribution is 2.18. The third-order valence-electron chi connectivity index (χ3n) is 0.881. The number of rotatable bonds is 2. The minimum atomic E-state index is -2.73. The number of H-pyrrole nitrogens is 2. The summed E-state index contributed by atoms with van der Waals surface area (Å²) in [5.74, 6) is -2.73. The van der Waals surface area contributed by atoms with Gasteiger partial charge in [0.25, 0.3) is 11.3 Å². The first kappa shape index (κ1) is 8.91. The van der Waals surface area contributed by atoms with Crippen LogP contribution in [0.4, 0.5) is 8.78 Å². The molecule has 0 aliphatic carbocycles. The Balaban J connectivity index is 3.02. The van der Waals surface area contributed by atoms with Gasteiger partial charge in [0, 0.05) is 0 Å². The van der Waals surface area contributed by atoms with Gasteiger partial charge in [-0.1, -0.05) is 0 Å². The molecule has 1 aromatic rings. The normalized spacial score (nSPS) is 10.6. The second kappa shape index (κ2) is 3.48. The molecule has 12 heavy (non-hydrogen) atoms. The van der Waals surface area contributed by atoms with Gasteiger partial charge in [-0.25, -0.2) is 9.89 Å². The van der Waals surface area contributed by atoms with Crippen molar-refractivity contribution in [2.24, 2.45) is 0 Å². The molecule has 0 aliphatic rings. The lowest BCUT2D eigenvalue weighted by atomic mass is 10.8. The standard InChI is InChI=1S/C4H3F2N3O2S/c5-3(6)12-2-1(10)7-4(11)9-8-2/h3H,(H2,7,9,10,11). The Bertz CT molecular complexity index is 373. The Morgan fingerprint density at radius 1 is 1.42 bits per heavy atom. The lowest BCUT2D eigenvalue weighted by Gasteiger charge is -1.94. The van der Waals surface area contributed by atoms with Crippen molar-refractivity contribution in [3.8, 4) is 0 Å². The van der Waals surface area contributed by atoms with Gasteiger partial charge in [-0.15, -0.1) is 0 Å². The number of alkyl halides is 2. The SMILES string of the molecule is O=c1[nH]nc(SC(F)F)c(=O)[nH]1. The zero-order valence-electron chi connectivity index (χ0n) is 5.51. The summed E-state index contributed by atoms with van der Waals surface area (Å²) in [6.07, 6.45) is 0. The topological polar surface area (TPSA) is 78.6 Å². The molecule has 0 aromatic carbocycles. The number of nitrogens with zero attached hydrogens (tertiary/aromatic N) is 1. The molecule has 0 saturated carbocycles. The van der Waals surface area contributed by atoms with E-state index in [-0.39, 0.29) is 11.8 Å². The van der Waals surface area contributed by atoms with Crippen LogP contribution in [-0.4, -0.2) is 20.9 Å². The van der Waals surface area contributed by atoms with E-state index in [9.17, 15) is 18.4 Å². The predicted molar refractivity (Wildman–Crippen MR) is 37.3 cm³/mol. The Labute approximate surface area is 68.2 Å². The van der Waals surface area contributed by atoms with E-state index >= 15 is 0 Å². The highest BCUT2D eigenvalue weighted by atomic mass is 32.2. The van der Waals surface area contributed by atoms with E-state index < -0.39 is 22.0 Å². The zero-order valence-corrected chi connectivity index (χ0v) is 6.32. The number of thioether (sulfide) groups is 1. The zero-order chi connectivity index (χ0) is 9.14. The van der Waals surface area contributed by atoms with Crippen LogP contribution >= 0.6 is 11.8 Å². The molecule has 66 valence electrons. The number of aromatic amines is 2. The van der Waals surface area contributed by atoms with E-state index in [4.69, 9.17) is 0 Å². The van der Waals surface area contributed by atoms with Gasteiger partial charge in [-0.3, -0.25) is 9.78 Å². The molecule has 5 nitrogen and oxygen atoms in total. The number of aromatic nitrogens is 3. The van der Waals surface area contributed by atoms with Crippen molar-refractivity contribution in [2.75, 3.05) is 0 Å². The van der Waals surface area contributed by atoms with Gasteiger partial charge < -0.3 is 0 Å². The third kappa shape index (κ3) is 2.16. The first-order valence-electron chi connectivity index (χ1n) is 2.73. The van der Waals surface area contributed by atoms with Crippen molar-refractivity contribution in [2.45, 2.75) is 10.8 Å². The molecule has 1 heterocycles. The summed E-state index contributed by atoms with van der Waals surface area (Å²) in [6.45, 7) is 0. The van der Waals surface area contributed by atoms with Crippen molar-refractivity contribution in [3.05, 3.63) is 20.8 Å². The van der Waals surface area contributed by atoms with Gasteiger partial charge in [-0.2, -0.15) is 13.9 Å². The fourth-order valence-corrected chi connectivity index (χ4v) is 0.926. The van der Waals surface area contributed by atoms with Crippen molar-refractivity contribution in [1.82, 2.24) is 15.2 Å². The highest BCUT2D eigenvalue weighted by Gasteiger charge is 2.10. The molecule has 0 bridgehead atoms. The minimum Gasteiger partial charge on any atom is -0.271 e. The molecule has 0 unspecified atom stereocenters. The second-order valence-corrected chi connectivity index (χ2v) is 2.67. The average molecular weight is 195 g/mol. The number of halogens is 2. The van der Waals surface area contributed by atoms with Crippen molar-refractivity contribution < 1.29 is 8.78 Å². The molecule has 0 aliphatic heterocycles. The van der Waals surface area contributed by atoms with Crippen LogP contribution in [0.25, 0.3) is 0 Å². The Morgan fingerprint density at radius 3 is 2.58 bits per heavy atom. The number of nitrogens with one attached hydrogen (secondary N) is 2. The minimum absolute atomic E-state index is 0.0246. The monoisotopic (exact) mass is 195 g/mol. The summed E-state index contributed by atoms with van der Waals surface area (Å²) in [5.41, 5.74) is -1.73. The van der Waals surface area contributed by atoms with Gasteiger partial charge >= 0.3 is 5.69 Å². The highest BCUT2D eigenvalue weighted by molar-refractivity contribution is 7.99. The van der Waals surface area contributed by atoms with Gasteiger partial charge in [-0.05, 0) is 11.8 Å². The van der Waals surface area contributed by atoms with Crippen LogP contribution in [0.15, 0.2) is 14.6 Å². The first-order chi connectivity index (χ1) is 5.59. The second-order valence-electron chi connectivity index (χ2n) is 1.69.